The zero-order valence-corrected chi connectivity index (χ0v) is 21.7. The molecule has 0 heterocycles. The lowest BCUT2D eigenvalue weighted by Crippen LogP contribution is -2.36. The third-order valence-corrected chi connectivity index (χ3v) is 6.56. The lowest BCUT2D eigenvalue weighted by atomic mass is 10.0. The number of anilines is 2. The molecule has 0 aliphatic rings. The molecule has 2 aromatic rings. The van der Waals surface area contributed by atoms with E-state index in [9.17, 15) is 10.2 Å². The van der Waals surface area contributed by atoms with Crippen LogP contribution < -0.4 is 15.1 Å². The summed E-state index contributed by atoms with van der Waals surface area (Å²) in [6.07, 6.45) is 1.65. The number of phenolic OH excluding ortho intramolecular Hbond substituents is 2. The van der Waals surface area contributed by atoms with Gasteiger partial charge in [-0.2, -0.15) is 0 Å². The summed E-state index contributed by atoms with van der Waals surface area (Å²) in [6, 6.07) is 9.33. The number of nitrogens with zero attached hydrogens (tertiary/aromatic N) is 2. The molecule has 33 heavy (non-hydrogen) atoms. The van der Waals surface area contributed by atoms with Crippen molar-refractivity contribution in [3.05, 3.63) is 64.9 Å². The molecule has 0 unspecified atom stereocenters. The molecule has 0 atom stereocenters. The van der Waals surface area contributed by atoms with Crippen molar-refractivity contribution in [2.75, 3.05) is 23.4 Å². The van der Waals surface area contributed by atoms with Gasteiger partial charge in [-0.1, -0.05) is 26.0 Å². The molecular weight excluding hydrogens is 430 g/mol. The summed E-state index contributed by atoms with van der Waals surface area (Å²) in [5.74, 6) is 0.0276. The van der Waals surface area contributed by atoms with Gasteiger partial charge in [0, 0.05) is 42.3 Å². The molecule has 6 heteroatoms. The van der Waals surface area contributed by atoms with Crippen LogP contribution in [0.15, 0.2) is 48.2 Å². The van der Waals surface area contributed by atoms with E-state index < -0.39 is 0 Å². The lowest BCUT2D eigenvalue weighted by molar-refractivity contribution is 0.445. The quantitative estimate of drug-likeness (QED) is 0.386. The maximum atomic E-state index is 10.5. The molecule has 0 bridgehead atoms. The van der Waals surface area contributed by atoms with Gasteiger partial charge in [0.15, 0.2) is 5.11 Å². The average Bonchev–Trinajstić information content (AvgIpc) is 2.80. The molecule has 2 aromatic carbocycles. The van der Waals surface area contributed by atoms with Gasteiger partial charge in [-0.15, -0.1) is 0 Å². The summed E-state index contributed by atoms with van der Waals surface area (Å²) in [5.41, 5.74) is 7.52. The van der Waals surface area contributed by atoms with E-state index in [2.05, 4.69) is 63.5 Å². The zero-order chi connectivity index (χ0) is 24.9. The van der Waals surface area contributed by atoms with Crippen LogP contribution in [0, 0.1) is 6.92 Å². The van der Waals surface area contributed by atoms with Gasteiger partial charge in [0.25, 0.3) is 0 Å². The highest BCUT2D eigenvalue weighted by Crippen LogP contribution is 2.37. The second-order valence-corrected chi connectivity index (χ2v) is 8.51. The number of rotatable bonds is 8. The number of nitrogens with one attached hydrogen (secondary N) is 1. The second kappa shape index (κ2) is 11.2. The molecule has 0 radical (unpaired) electrons. The van der Waals surface area contributed by atoms with Crippen LogP contribution >= 0.6 is 12.2 Å². The Morgan fingerprint density at radius 3 is 2.24 bits per heavy atom. The predicted molar refractivity (Wildman–Crippen MR) is 145 cm³/mol. The van der Waals surface area contributed by atoms with Crippen LogP contribution in [0.5, 0.6) is 11.5 Å². The first-order chi connectivity index (χ1) is 15.6. The van der Waals surface area contributed by atoms with E-state index in [1.165, 1.54) is 17.3 Å². The van der Waals surface area contributed by atoms with Crippen LogP contribution in [0.2, 0.25) is 0 Å². The van der Waals surface area contributed by atoms with Crippen molar-refractivity contribution in [2.24, 2.45) is 0 Å². The van der Waals surface area contributed by atoms with E-state index in [1.54, 1.807) is 13.1 Å². The standard InChI is InChI=1S/C27H37N3O2S/c1-9-17(4)19(6)29(11-3)24-13-12-22(14-18(24)5)30(27(33)28-8)20(7)23-15-21(10-2)25(31)16-26(23)32/h12-16,31-32H,7,9-11H2,1-6,8H3,(H,28,33)/b19-17+. The van der Waals surface area contributed by atoms with Crippen molar-refractivity contribution >= 4 is 34.4 Å². The van der Waals surface area contributed by atoms with Crippen molar-refractivity contribution in [3.8, 4) is 11.5 Å². The average molecular weight is 468 g/mol. The molecular formula is C27H37N3O2S. The molecule has 0 saturated heterocycles. The maximum Gasteiger partial charge on any atom is 0.177 e. The highest BCUT2D eigenvalue weighted by molar-refractivity contribution is 7.80. The molecule has 0 fully saturated rings. The molecule has 0 saturated carbocycles. The molecule has 0 aliphatic carbocycles. The van der Waals surface area contributed by atoms with E-state index in [-0.39, 0.29) is 11.5 Å². The van der Waals surface area contributed by atoms with Gasteiger partial charge in [0.1, 0.15) is 11.5 Å². The fourth-order valence-electron chi connectivity index (χ4n) is 3.92. The normalized spacial score (nSPS) is 11.6. The minimum absolute atomic E-state index is 0.0418. The first-order valence-corrected chi connectivity index (χ1v) is 11.8. The third-order valence-electron chi connectivity index (χ3n) is 6.17. The number of benzene rings is 2. The Kier molecular flexibility index (Phi) is 8.94. The largest absolute Gasteiger partial charge is 0.508 e. The monoisotopic (exact) mass is 467 g/mol. The molecule has 0 aromatic heterocycles. The predicted octanol–water partition coefficient (Wildman–Crippen LogP) is 6.48. The van der Waals surface area contributed by atoms with E-state index in [4.69, 9.17) is 12.2 Å². The van der Waals surface area contributed by atoms with E-state index in [0.29, 0.717) is 22.8 Å². The van der Waals surface area contributed by atoms with Crippen LogP contribution in [-0.4, -0.2) is 28.9 Å². The van der Waals surface area contributed by atoms with Crippen LogP contribution in [0.1, 0.15) is 57.7 Å². The van der Waals surface area contributed by atoms with Gasteiger partial charge in [-0.25, -0.2) is 0 Å². The van der Waals surface area contributed by atoms with Gasteiger partial charge in [-0.3, -0.25) is 4.90 Å². The minimum atomic E-state index is -0.0418. The molecule has 0 amide bonds. The molecule has 0 spiro atoms. The van der Waals surface area contributed by atoms with Crippen LogP contribution in [0.3, 0.4) is 0 Å². The number of thiocarbonyl (C=S) groups is 1. The Morgan fingerprint density at radius 1 is 1.06 bits per heavy atom. The smallest absolute Gasteiger partial charge is 0.177 e. The SMILES string of the molecule is C=C(c1cc(CC)c(O)cc1O)N(C(=S)NC)c1ccc(N(CC)/C(C)=C(\C)CC)c(C)c1. The lowest BCUT2D eigenvalue weighted by Gasteiger charge is -2.31. The highest BCUT2D eigenvalue weighted by Gasteiger charge is 2.21. The third kappa shape index (κ3) is 5.50. The van der Waals surface area contributed by atoms with Crippen molar-refractivity contribution in [1.29, 1.82) is 0 Å². The second-order valence-electron chi connectivity index (χ2n) is 8.12. The summed E-state index contributed by atoms with van der Waals surface area (Å²) in [4.78, 5) is 4.14. The Morgan fingerprint density at radius 2 is 1.73 bits per heavy atom. The van der Waals surface area contributed by atoms with E-state index in [1.807, 2.05) is 17.9 Å². The fraction of sp³-hybridized carbons (Fsp3) is 0.370. The first kappa shape index (κ1) is 26.3. The van der Waals surface area contributed by atoms with Crippen molar-refractivity contribution in [2.45, 2.75) is 54.4 Å². The number of allylic oxidation sites excluding steroid dienone is 2. The minimum Gasteiger partial charge on any atom is -0.508 e. The summed E-state index contributed by atoms with van der Waals surface area (Å²) >= 11 is 5.61. The molecule has 3 N–H and O–H groups in total. The van der Waals surface area contributed by atoms with Crippen molar-refractivity contribution < 1.29 is 10.2 Å². The van der Waals surface area contributed by atoms with Crippen LogP contribution in [0.4, 0.5) is 11.4 Å². The number of hydrogen-bond donors (Lipinski definition) is 3. The molecule has 2 rings (SSSR count). The number of hydrogen-bond acceptors (Lipinski definition) is 4. The maximum absolute atomic E-state index is 10.5. The summed E-state index contributed by atoms with van der Waals surface area (Å²) in [5, 5.41) is 24.1. The fourth-order valence-corrected chi connectivity index (χ4v) is 4.14. The summed E-state index contributed by atoms with van der Waals surface area (Å²) in [6.45, 7) is 17.8. The van der Waals surface area contributed by atoms with E-state index in [0.717, 1.165) is 35.5 Å². The van der Waals surface area contributed by atoms with Crippen molar-refractivity contribution in [3.63, 3.8) is 0 Å². The number of aryl methyl sites for hydroxylation is 2. The zero-order valence-electron chi connectivity index (χ0n) is 20.9. The summed E-state index contributed by atoms with van der Waals surface area (Å²) < 4.78 is 0. The van der Waals surface area contributed by atoms with Crippen molar-refractivity contribution in [1.82, 2.24) is 5.32 Å². The first-order valence-electron chi connectivity index (χ1n) is 11.4. The van der Waals surface area contributed by atoms with Gasteiger partial charge in [0.2, 0.25) is 0 Å². The molecule has 5 nitrogen and oxygen atoms in total. The molecule has 178 valence electrons. The summed E-state index contributed by atoms with van der Waals surface area (Å²) in [7, 11) is 1.76. The topological polar surface area (TPSA) is 59.0 Å². The number of aromatic hydroxyl groups is 2. The van der Waals surface area contributed by atoms with Gasteiger partial charge in [-0.05, 0) is 88.1 Å². The van der Waals surface area contributed by atoms with Crippen LogP contribution in [0.25, 0.3) is 5.70 Å². The van der Waals surface area contributed by atoms with E-state index >= 15 is 0 Å². The van der Waals surface area contributed by atoms with Gasteiger partial charge < -0.3 is 20.4 Å². The number of phenols is 2. The molecule has 0 aliphatic heterocycles. The Bertz CT molecular complexity index is 1080. The van der Waals surface area contributed by atoms with Gasteiger partial charge in [0.05, 0.1) is 5.70 Å². The highest BCUT2D eigenvalue weighted by atomic mass is 32.1. The van der Waals surface area contributed by atoms with Crippen LogP contribution in [-0.2, 0) is 6.42 Å². The Labute approximate surface area is 204 Å². The Balaban J connectivity index is 2.58. The van der Waals surface area contributed by atoms with Gasteiger partial charge >= 0.3 is 0 Å². The Hall–Kier alpha value is -2.99.